The van der Waals surface area contributed by atoms with E-state index in [1.54, 1.807) is 6.07 Å². The topological polar surface area (TPSA) is 12.0 Å². The van der Waals surface area contributed by atoms with Crippen LogP contribution in [0.1, 0.15) is 12.5 Å². The first-order chi connectivity index (χ1) is 9.60. The van der Waals surface area contributed by atoms with E-state index in [-0.39, 0.29) is 0 Å². The molecule has 20 heavy (non-hydrogen) atoms. The highest BCUT2D eigenvalue weighted by Crippen LogP contribution is 2.31. The number of hydrogen-bond acceptors (Lipinski definition) is 2. The van der Waals surface area contributed by atoms with Gasteiger partial charge < -0.3 is 5.32 Å². The quantitative estimate of drug-likeness (QED) is 0.808. The van der Waals surface area contributed by atoms with Gasteiger partial charge in [0.25, 0.3) is 0 Å². The van der Waals surface area contributed by atoms with Crippen LogP contribution in [0.5, 0.6) is 0 Å². The zero-order chi connectivity index (χ0) is 14.5. The normalized spacial score (nSPS) is 10.8. The van der Waals surface area contributed by atoms with Gasteiger partial charge in [0.2, 0.25) is 0 Å². The van der Waals surface area contributed by atoms with Gasteiger partial charge in [0.1, 0.15) is 0 Å². The molecule has 2 aromatic rings. The van der Waals surface area contributed by atoms with E-state index in [4.69, 9.17) is 0 Å². The van der Waals surface area contributed by atoms with Crippen molar-refractivity contribution in [2.75, 3.05) is 6.54 Å². The van der Waals surface area contributed by atoms with Crippen molar-refractivity contribution in [1.82, 2.24) is 5.32 Å². The largest absolute Gasteiger partial charge is 0.313 e. The molecule has 0 atom stereocenters. The maximum absolute atomic E-state index is 13.2. The van der Waals surface area contributed by atoms with Crippen LogP contribution in [0.4, 0.5) is 8.78 Å². The van der Waals surface area contributed by atoms with E-state index in [9.17, 15) is 8.78 Å². The Morgan fingerprint density at radius 1 is 1.05 bits per heavy atom. The minimum Gasteiger partial charge on any atom is -0.313 e. The zero-order valence-electron chi connectivity index (χ0n) is 10.9. The van der Waals surface area contributed by atoms with Crippen LogP contribution in [-0.2, 0) is 6.54 Å². The predicted molar refractivity (Wildman–Crippen MR) is 82.0 cm³/mol. The molecule has 0 amide bonds. The van der Waals surface area contributed by atoms with E-state index in [1.165, 1.54) is 23.4 Å². The van der Waals surface area contributed by atoms with Crippen molar-refractivity contribution in [2.24, 2.45) is 0 Å². The Kier molecular flexibility index (Phi) is 5.57. The molecule has 0 aliphatic heterocycles. The number of rotatable bonds is 5. The van der Waals surface area contributed by atoms with Gasteiger partial charge >= 0.3 is 0 Å². The van der Waals surface area contributed by atoms with E-state index >= 15 is 0 Å². The number of hydrogen-bond donors (Lipinski definition) is 1. The van der Waals surface area contributed by atoms with Gasteiger partial charge in [-0.1, -0.05) is 40.7 Å². The molecule has 0 radical (unpaired) electrons. The number of nitrogens with one attached hydrogen (secondary N) is 1. The lowest BCUT2D eigenvalue weighted by Crippen LogP contribution is -2.11. The molecule has 2 rings (SSSR count). The van der Waals surface area contributed by atoms with Crippen LogP contribution in [0.2, 0.25) is 0 Å². The Labute approximate surface area is 129 Å². The van der Waals surface area contributed by atoms with Gasteiger partial charge in [-0.2, -0.15) is 0 Å². The Balaban J connectivity index is 2.13. The van der Waals surface area contributed by atoms with Crippen molar-refractivity contribution in [2.45, 2.75) is 23.3 Å². The molecule has 5 heteroatoms. The molecule has 0 aliphatic carbocycles. The van der Waals surface area contributed by atoms with E-state index in [0.29, 0.717) is 4.90 Å². The molecule has 0 bridgehead atoms. The van der Waals surface area contributed by atoms with Gasteiger partial charge in [0.05, 0.1) is 0 Å². The third-order valence-electron chi connectivity index (χ3n) is 2.72. The van der Waals surface area contributed by atoms with Crippen molar-refractivity contribution in [3.8, 4) is 0 Å². The predicted octanol–water partition coefficient (Wildman–Crippen LogP) is 4.99. The summed E-state index contributed by atoms with van der Waals surface area (Å²) in [5.74, 6) is -1.64. The van der Waals surface area contributed by atoms with Gasteiger partial charge in [-0.3, -0.25) is 0 Å². The summed E-state index contributed by atoms with van der Waals surface area (Å²) in [6, 6.07) is 9.91. The Morgan fingerprint density at radius 3 is 2.40 bits per heavy atom. The van der Waals surface area contributed by atoms with Crippen LogP contribution in [-0.4, -0.2) is 6.54 Å². The van der Waals surface area contributed by atoms with Crippen LogP contribution >= 0.6 is 27.7 Å². The summed E-state index contributed by atoms with van der Waals surface area (Å²) in [6.45, 7) is 3.77. The standard InChI is InChI=1S/C15H14BrF2NS/c1-2-19-9-10-3-4-11(7-13(10)16)20-12-5-6-14(17)15(18)8-12/h3-8,19H,2,9H2,1H3. The number of halogens is 3. The summed E-state index contributed by atoms with van der Waals surface area (Å²) < 4.78 is 27.0. The minimum atomic E-state index is -0.823. The highest BCUT2D eigenvalue weighted by Gasteiger charge is 2.06. The summed E-state index contributed by atoms with van der Waals surface area (Å²) in [6.07, 6.45) is 0. The van der Waals surface area contributed by atoms with Crippen molar-refractivity contribution < 1.29 is 8.78 Å². The molecule has 0 fully saturated rings. The van der Waals surface area contributed by atoms with Crippen LogP contribution < -0.4 is 5.32 Å². The molecule has 1 nitrogen and oxygen atoms in total. The Bertz CT molecular complexity index is 604. The molecule has 0 spiro atoms. The Hall–Kier alpha value is -0.910. The fourth-order valence-corrected chi connectivity index (χ4v) is 3.22. The molecule has 106 valence electrons. The smallest absolute Gasteiger partial charge is 0.159 e. The average molecular weight is 358 g/mol. The van der Waals surface area contributed by atoms with E-state index in [0.717, 1.165) is 28.5 Å². The highest BCUT2D eigenvalue weighted by atomic mass is 79.9. The molecule has 0 aliphatic rings. The second kappa shape index (κ2) is 7.20. The fraction of sp³-hybridized carbons (Fsp3) is 0.200. The second-order valence-corrected chi connectivity index (χ2v) is 6.21. The lowest BCUT2D eigenvalue weighted by molar-refractivity contribution is 0.506. The molecule has 0 aromatic heterocycles. The molecular formula is C15H14BrF2NS. The first-order valence-corrected chi connectivity index (χ1v) is 7.83. The lowest BCUT2D eigenvalue weighted by atomic mass is 10.2. The monoisotopic (exact) mass is 357 g/mol. The molecule has 0 saturated carbocycles. The molecule has 1 N–H and O–H groups in total. The van der Waals surface area contributed by atoms with Gasteiger partial charge in [0.15, 0.2) is 11.6 Å². The maximum atomic E-state index is 13.2. The SMILES string of the molecule is CCNCc1ccc(Sc2ccc(F)c(F)c2)cc1Br. The van der Waals surface area contributed by atoms with E-state index in [1.807, 2.05) is 18.2 Å². The molecule has 0 heterocycles. The molecular weight excluding hydrogens is 344 g/mol. The molecule has 0 unspecified atom stereocenters. The summed E-state index contributed by atoms with van der Waals surface area (Å²) in [5, 5.41) is 3.26. The Morgan fingerprint density at radius 2 is 1.75 bits per heavy atom. The maximum Gasteiger partial charge on any atom is 0.159 e. The van der Waals surface area contributed by atoms with Crippen LogP contribution in [0, 0.1) is 11.6 Å². The molecule has 0 saturated heterocycles. The van der Waals surface area contributed by atoms with Gasteiger partial charge in [-0.05, 0) is 42.4 Å². The van der Waals surface area contributed by atoms with E-state index in [2.05, 4.69) is 28.2 Å². The van der Waals surface area contributed by atoms with Crippen molar-refractivity contribution in [1.29, 1.82) is 0 Å². The zero-order valence-corrected chi connectivity index (χ0v) is 13.3. The number of benzene rings is 2. The highest BCUT2D eigenvalue weighted by molar-refractivity contribution is 9.10. The van der Waals surface area contributed by atoms with Crippen molar-refractivity contribution in [3.63, 3.8) is 0 Å². The van der Waals surface area contributed by atoms with Crippen LogP contribution in [0.15, 0.2) is 50.7 Å². The van der Waals surface area contributed by atoms with Gasteiger partial charge in [0, 0.05) is 20.8 Å². The molecule has 2 aromatic carbocycles. The van der Waals surface area contributed by atoms with Crippen LogP contribution in [0.25, 0.3) is 0 Å². The summed E-state index contributed by atoms with van der Waals surface area (Å²) in [4.78, 5) is 1.65. The summed E-state index contributed by atoms with van der Waals surface area (Å²) in [5.41, 5.74) is 1.17. The van der Waals surface area contributed by atoms with E-state index < -0.39 is 11.6 Å². The third-order valence-corrected chi connectivity index (χ3v) is 4.43. The first-order valence-electron chi connectivity index (χ1n) is 6.22. The summed E-state index contributed by atoms with van der Waals surface area (Å²) >= 11 is 4.93. The second-order valence-electron chi connectivity index (χ2n) is 4.21. The van der Waals surface area contributed by atoms with Crippen molar-refractivity contribution >= 4 is 27.7 Å². The van der Waals surface area contributed by atoms with Crippen LogP contribution in [0.3, 0.4) is 0 Å². The lowest BCUT2D eigenvalue weighted by Gasteiger charge is -2.08. The fourth-order valence-electron chi connectivity index (χ4n) is 1.67. The summed E-state index contributed by atoms with van der Waals surface area (Å²) in [7, 11) is 0. The average Bonchev–Trinajstić information content (AvgIpc) is 2.42. The van der Waals surface area contributed by atoms with Crippen molar-refractivity contribution in [3.05, 3.63) is 58.1 Å². The van der Waals surface area contributed by atoms with Gasteiger partial charge in [-0.15, -0.1) is 0 Å². The van der Waals surface area contributed by atoms with Gasteiger partial charge in [-0.25, -0.2) is 8.78 Å². The third kappa shape index (κ3) is 4.04. The first kappa shape index (κ1) is 15.5. The minimum absolute atomic E-state index is 0.676.